The molecule has 1 aliphatic rings. The number of benzene rings is 1. The molecule has 2 rings (SSSR count). The molecule has 1 aromatic carbocycles. The first-order valence-electron chi connectivity index (χ1n) is 5.17. The number of nitrogens with zero attached hydrogens (tertiary/aromatic N) is 1. The zero-order valence-electron chi connectivity index (χ0n) is 9.30. The maximum absolute atomic E-state index is 13.1. The van der Waals surface area contributed by atoms with Crippen LogP contribution < -0.4 is 5.73 Å². The van der Waals surface area contributed by atoms with Crippen LogP contribution >= 0.6 is 11.8 Å². The summed E-state index contributed by atoms with van der Waals surface area (Å²) >= 11 is 1.34. The van der Waals surface area contributed by atoms with Gasteiger partial charge in [-0.15, -0.1) is 11.8 Å². The van der Waals surface area contributed by atoms with Crippen LogP contribution in [-0.2, 0) is 4.79 Å². The summed E-state index contributed by atoms with van der Waals surface area (Å²) in [6.45, 7) is 0. The third-order valence-corrected chi connectivity index (χ3v) is 3.69. The Morgan fingerprint density at radius 3 is 2.89 bits per heavy atom. The number of anilines is 1. The molecular formula is C11H11FN2O3S. The normalized spacial score (nSPS) is 18.9. The number of amides is 1. The van der Waals surface area contributed by atoms with E-state index in [1.54, 1.807) is 0 Å². The lowest BCUT2D eigenvalue weighted by Crippen LogP contribution is -2.42. The van der Waals surface area contributed by atoms with Gasteiger partial charge in [-0.1, -0.05) is 0 Å². The summed E-state index contributed by atoms with van der Waals surface area (Å²) in [6.07, 6.45) is 0. The second kappa shape index (κ2) is 4.85. The lowest BCUT2D eigenvalue weighted by Gasteiger charge is -2.21. The van der Waals surface area contributed by atoms with Crippen molar-refractivity contribution in [3.63, 3.8) is 0 Å². The summed E-state index contributed by atoms with van der Waals surface area (Å²) in [5, 5.41) is 8.99. The number of hydrogen-bond acceptors (Lipinski definition) is 4. The molecule has 0 aromatic heterocycles. The van der Waals surface area contributed by atoms with Crippen LogP contribution in [0.4, 0.5) is 10.1 Å². The SMILES string of the molecule is Nc1ccc(F)cc1C(=O)N1CSC[C@H]1C(=O)O. The second-order valence-corrected chi connectivity index (χ2v) is 4.86. The molecule has 5 nitrogen and oxygen atoms in total. The van der Waals surface area contributed by atoms with E-state index in [0.717, 1.165) is 12.1 Å². The molecule has 1 aliphatic heterocycles. The number of nitrogen functional groups attached to an aromatic ring is 1. The fourth-order valence-electron chi connectivity index (χ4n) is 1.72. The Morgan fingerprint density at radius 1 is 1.50 bits per heavy atom. The lowest BCUT2D eigenvalue weighted by atomic mass is 10.1. The van der Waals surface area contributed by atoms with Crippen molar-refractivity contribution >= 4 is 29.3 Å². The average molecular weight is 270 g/mol. The number of nitrogens with two attached hydrogens (primary N) is 1. The van der Waals surface area contributed by atoms with Crippen LogP contribution in [0.15, 0.2) is 18.2 Å². The number of carbonyl (C=O) groups is 2. The summed E-state index contributed by atoms with van der Waals surface area (Å²) < 4.78 is 13.1. The molecule has 0 spiro atoms. The van der Waals surface area contributed by atoms with Gasteiger partial charge in [0, 0.05) is 11.4 Å². The molecule has 0 aliphatic carbocycles. The number of hydrogen-bond donors (Lipinski definition) is 2. The predicted octanol–water partition coefficient (Wildman–Crippen LogP) is 1.01. The van der Waals surface area contributed by atoms with Crippen molar-refractivity contribution in [3.05, 3.63) is 29.6 Å². The highest BCUT2D eigenvalue weighted by Crippen LogP contribution is 2.25. The van der Waals surface area contributed by atoms with Crippen LogP contribution in [0.5, 0.6) is 0 Å². The Labute approximate surface area is 107 Å². The van der Waals surface area contributed by atoms with E-state index in [0.29, 0.717) is 5.75 Å². The van der Waals surface area contributed by atoms with Gasteiger partial charge in [-0.05, 0) is 18.2 Å². The standard InChI is InChI=1S/C11H11FN2O3S/c12-6-1-2-8(13)7(3-6)10(15)14-5-18-4-9(14)11(16)17/h1-3,9H,4-5,13H2,(H,16,17)/t9-/m0/s1. The maximum atomic E-state index is 13.1. The number of thioether (sulfide) groups is 1. The molecular weight excluding hydrogens is 259 g/mol. The molecule has 0 radical (unpaired) electrons. The summed E-state index contributed by atoms with van der Waals surface area (Å²) in [5.74, 6) is -1.60. The van der Waals surface area contributed by atoms with E-state index in [2.05, 4.69) is 0 Å². The molecule has 1 fully saturated rings. The van der Waals surface area contributed by atoms with Crippen LogP contribution in [0.2, 0.25) is 0 Å². The topological polar surface area (TPSA) is 83.6 Å². The first-order valence-corrected chi connectivity index (χ1v) is 6.32. The molecule has 96 valence electrons. The molecule has 1 atom stereocenters. The minimum atomic E-state index is -1.07. The number of rotatable bonds is 2. The second-order valence-electron chi connectivity index (χ2n) is 3.86. The monoisotopic (exact) mass is 270 g/mol. The van der Waals surface area contributed by atoms with Crippen molar-refractivity contribution in [3.8, 4) is 0 Å². The maximum Gasteiger partial charge on any atom is 0.327 e. The number of carboxylic acid groups (broad SMARTS) is 1. The first-order chi connectivity index (χ1) is 8.50. The molecule has 1 aromatic rings. The van der Waals surface area contributed by atoms with Crippen molar-refractivity contribution in [1.82, 2.24) is 4.90 Å². The third-order valence-electron chi connectivity index (χ3n) is 2.67. The molecule has 1 amide bonds. The molecule has 0 saturated carbocycles. The van der Waals surface area contributed by atoms with Gasteiger partial charge in [0.2, 0.25) is 0 Å². The Morgan fingerprint density at radius 2 is 2.22 bits per heavy atom. The minimum absolute atomic E-state index is 0.00347. The highest BCUT2D eigenvalue weighted by Gasteiger charge is 2.35. The molecule has 1 saturated heterocycles. The van der Waals surface area contributed by atoms with Gasteiger partial charge in [0.05, 0.1) is 11.4 Å². The summed E-state index contributed by atoms with van der Waals surface area (Å²) in [7, 11) is 0. The van der Waals surface area contributed by atoms with Crippen molar-refractivity contribution in [2.24, 2.45) is 0 Å². The van der Waals surface area contributed by atoms with Gasteiger partial charge >= 0.3 is 5.97 Å². The Hall–Kier alpha value is -1.76. The van der Waals surface area contributed by atoms with E-state index in [1.165, 1.54) is 22.7 Å². The number of carboxylic acids is 1. The molecule has 3 N–H and O–H groups in total. The van der Waals surface area contributed by atoms with Crippen LogP contribution in [0.3, 0.4) is 0 Å². The summed E-state index contributed by atoms with van der Waals surface area (Å²) in [4.78, 5) is 24.3. The molecule has 0 unspecified atom stereocenters. The van der Waals surface area contributed by atoms with E-state index < -0.39 is 23.7 Å². The fourth-order valence-corrected chi connectivity index (χ4v) is 2.86. The fraction of sp³-hybridized carbons (Fsp3) is 0.273. The van der Waals surface area contributed by atoms with Gasteiger partial charge in [0.1, 0.15) is 11.9 Å². The molecule has 18 heavy (non-hydrogen) atoms. The Bertz CT molecular complexity index is 509. The number of aliphatic carboxylic acids is 1. The van der Waals surface area contributed by atoms with Gasteiger partial charge in [-0.25, -0.2) is 9.18 Å². The molecule has 7 heteroatoms. The highest BCUT2D eigenvalue weighted by molar-refractivity contribution is 7.99. The molecule has 0 bridgehead atoms. The zero-order valence-corrected chi connectivity index (χ0v) is 10.1. The Balaban J connectivity index is 2.31. The molecule has 1 heterocycles. The van der Waals surface area contributed by atoms with Crippen LogP contribution in [0, 0.1) is 5.82 Å². The van der Waals surface area contributed by atoms with E-state index in [9.17, 15) is 14.0 Å². The number of halogens is 1. The van der Waals surface area contributed by atoms with Crippen molar-refractivity contribution < 1.29 is 19.1 Å². The van der Waals surface area contributed by atoms with Gasteiger partial charge < -0.3 is 15.7 Å². The van der Waals surface area contributed by atoms with Crippen LogP contribution in [0.1, 0.15) is 10.4 Å². The van der Waals surface area contributed by atoms with Crippen molar-refractivity contribution in [1.29, 1.82) is 0 Å². The smallest absolute Gasteiger partial charge is 0.327 e. The van der Waals surface area contributed by atoms with Gasteiger partial charge in [-0.2, -0.15) is 0 Å². The van der Waals surface area contributed by atoms with Crippen LogP contribution in [0.25, 0.3) is 0 Å². The van der Waals surface area contributed by atoms with E-state index in [-0.39, 0.29) is 17.1 Å². The zero-order chi connectivity index (χ0) is 13.3. The van der Waals surface area contributed by atoms with E-state index in [4.69, 9.17) is 10.8 Å². The van der Waals surface area contributed by atoms with Gasteiger partial charge in [-0.3, -0.25) is 4.79 Å². The van der Waals surface area contributed by atoms with Gasteiger partial charge in [0.25, 0.3) is 5.91 Å². The largest absolute Gasteiger partial charge is 0.480 e. The van der Waals surface area contributed by atoms with Crippen LogP contribution in [-0.4, -0.2) is 39.6 Å². The quantitative estimate of drug-likeness (QED) is 0.783. The van der Waals surface area contributed by atoms with E-state index >= 15 is 0 Å². The minimum Gasteiger partial charge on any atom is -0.480 e. The third kappa shape index (κ3) is 2.26. The lowest BCUT2D eigenvalue weighted by molar-refractivity contribution is -0.140. The highest BCUT2D eigenvalue weighted by atomic mass is 32.2. The van der Waals surface area contributed by atoms with Crippen molar-refractivity contribution in [2.75, 3.05) is 17.4 Å². The van der Waals surface area contributed by atoms with Gasteiger partial charge in [0.15, 0.2) is 0 Å². The number of carbonyl (C=O) groups excluding carboxylic acids is 1. The van der Waals surface area contributed by atoms with E-state index in [1.807, 2.05) is 0 Å². The first kappa shape index (κ1) is 12.7. The summed E-state index contributed by atoms with van der Waals surface area (Å²) in [5.41, 5.74) is 5.76. The average Bonchev–Trinajstić information content (AvgIpc) is 2.80. The Kier molecular flexibility index (Phi) is 3.42. The summed E-state index contributed by atoms with van der Waals surface area (Å²) in [6, 6.07) is 2.59. The predicted molar refractivity (Wildman–Crippen MR) is 65.7 cm³/mol. The van der Waals surface area contributed by atoms with Crippen molar-refractivity contribution in [2.45, 2.75) is 6.04 Å².